The zero-order valence-corrected chi connectivity index (χ0v) is 17.4. The number of thioether (sulfide) groups is 1. The topological polar surface area (TPSA) is 64.1 Å². The predicted molar refractivity (Wildman–Crippen MR) is 117 cm³/mol. The number of fused-ring (bicyclic) bond motifs is 1. The molecule has 29 heavy (non-hydrogen) atoms. The number of amides is 1. The van der Waals surface area contributed by atoms with E-state index in [1.165, 1.54) is 29.3 Å². The third-order valence-corrected chi connectivity index (χ3v) is 5.82. The Bertz CT molecular complexity index is 1030. The lowest BCUT2D eigenvalue weighted by atomic mass is 10.1. The molecule has 1 aliphatic rings. The van der Waals surface area contributed by atoms with E-state index >= 15 is 0 Å². The van der Waals surface area contributed by atoms with E-state index in [2.05, 4.69) is 27.4 Å². The summed E-state index contributed by atoms with van der Waals surface area (Å²) >= 11 is 1.42. The molecule has 0 aliphatic heterocycles. The second-order valence-corrected chi connectivity index (χ2v) is 8.07. The first kappa shape index (κ1) is 19.5. The van der Waals surface area contributed by atoms with Crippen LogP contribution in [0.2, 0.25) is 0 Å². The van der Waals surface area contributed by atoms with Crippen LogP contribution in [0, 0.1) is 6.92 Å². The van der Waals surface area contributed by atoms with Crippen LogP contribution in [-0.4, -0.2) is 28.7 Å². The molecule has 4 rings (SSSR count). The number of aromatic nitrogens is 2. The number of carbonyl (C=O) groups is 1. The molecule has 1 heterocycles. The molecule has 0 fully saturated rings. The second-order valence-electron chi connectivity index (χ2n) is 7.07. The maximum Gasteiger partial charge on any atom is 0.234 e. The zero-order chi connectivity index (χ0) is 20.2. The van der Waals surface area contributed by atoms with E-state index < -0.39 is 0 Å². The molecule has 6 heteroatoms. The molecule has 0 bridgehead atoms. The maximum atomic E-state index is 12.4. The first-order valence-electron chi connectivity index (χ1n) is 9.65. The highest BCUT2D eigenvalue weighted by molar-refractivity contribution is 7.99. The molecule has 0 unspecified atom stereocenters. The summed E-state index contributed by atoms with van der Waals surface area (Å²) in [4.78, 5) is 21.5. The Kier molecular flexibility index (Phi) is 5.81. The molecule has 148 valence electrons. The molecule has 2 aromatic carbocycles. The lowest BCUT2D eigenvalue weighted by molar-refractivity contribution is -0.113. The van der Waals surface area contributed by atoms with E-state index in [0.717, 1.165) is 40.6 Å². The van der Waals surface area contributed by atoms with Gasteiger partial charge in [0.05, 0.1) is 12.9 Å². The van der Waals surface area contributed by atoms with Crippen molar-refractivity contribution in [1.29, 1.82) is 0 Å². The lowest BCUT2D eigenvalue weighted by Gasteiger charge is -2.09. The Labute approximate surface area is 174 Å². The number of nitrogens with one attached hydrogen (secondary N) is 1. The number of anilines is 1. The number of hydrogen-bond donors (Lipinski definition) is 1. The normalized spacial score (nSPS) is 12.5. The Morgan fingerprint density at radius 1 is 1.07 bits per heavy atom. The minimum Gasteiger partial charge on any atom is -0.497 e. The first-order valence-corrected chi connectivity index (χ1v) is 10.6. The Hall–Kier alpha value is -2.86. The van der Waals surface area contributed by atoms with Gasteiger partial charge >= 0.3 is 0 Å². The Balaban J connectivity index is 1.41. The molecule has 0 saturated heterocycles. The van der Waals surface area contributed by atoms with Gasteiger partial charge in [-0.3, -0.25) is 4.79 Å². The lowest BCUT2D eigenvalue weighted by Crippen LogP contribution is -2.14. The third-order valence-electron chi connectivity index (χ3n) is 4.91. The number of hydrogen-bond acceptors (Lipinski definition) is 5. The van der Waals surface area contributed by atoms with Crippen LogP contribution in [0.3, 0.4) is 0 Å². The van der Waals surface area contributed by atoms with E-state index in [-0.39, 0.29) is 5.91 Å². The number of rotatable bonds is 6. The van der Waals surface area contributed by atoms with Gasteiger partial charge in [-0.05, 0) is 79.8 Å². The largest absolute Gasteiger partial charge is 0.497 e. The number of benzene rings is 2. The van der Waals surface area contributed by atoms with Crippen molar-refractivity contribution < 1.29 is 9.53 Å². The highest BCUT2D eigenvalue weighted by Crippen LogP contribution is 2.26. The van der Waals surface area contributed by atoms with Crippen LogP contribution in [-0.2, 0) is 17.6 Å². The standard InChI is InChI=1S/C23H23N3O2S/c1-15-12-22(26-23(24-15)17-7-10-20(28-2)11-8-17)29-14-21(27)25-19-9-6-16-4-3-5-18(16)13-19/h6-13H,3-5,14H2,1-2H3,(H,25,27). The summed E-state index contributed by atoms with van der Waals surface area (Å²) < 4.78 is 5.20. The number of nitrogens with zero attached hydrogens (tertiary/aromatic N) is 2. The summed E-state index contributed by atoms with van der Waals surface area (Å²) in [5, 5.41) is 3.78. The summed E-state index contributed by atoms with van der Waals surface area (Å²) in [6, 6.07) is 15.8. The quantitative estimate of drug-likeness (QED) is 0.476. The molecular formula is C23H23N3O2S. The van der Waals surface area contributed by atoms with Crippen molar-refractivity contribution in [1.82, 2.24) is 9.97 Å². The molecule has 1 aliphatic carbocycles. The van der Waals surface area contributed by atoms with Gasteiger partial charge in [0.25, 0.3) is 0 Å². The van der Waals surface area contributed by atoms with Gasteiger partial charge in [-0.25, -0.2) is 9.97 Å². The summed E-state index contributed by atoms with van der Waals surface area (Å²) in [6.45, 7) is 1.93. The number of ether oxygens (including phenoxy) is 1. The van der Waals surface area contributed by atoms with Crippen LogP contribution in [0.15, 0.2) is 53.6 Å². The third kappa shape index (κ3) is 4.77. The molecule has 1 N–H and O–H groups in total. The average Bonchev–Trinajstić information content (AvgIpc) is 3.20. The van der Waals surface area contributed by atoms with Crippen LogP contribution in [0.5, 0.6) is 5.75 Å². The SMILES string of the molecule is COc1ccc(-c2nc(C)cc(SCC(=O)Nc3ccc4c(c3)CCC4)n2)cc1. The molecule has 0 atom stereocenters. The van der Waals surface area contributed by atoms with E-state index in [4.69, 9.17) is 4.74 Å². The van der Waals surface area contributed by atoms with Gasteiger partial charge in [-0.15, -0.1) is 0 Å². The van der Waals surface area contributed by atoms with Crippen molar-refractivity contribution in [2.45, 2.75) is 31.2 Å². The minimum absolute atomic E-state index is 0.0322. The molecule has 0 spiro atoms. The fourth-order valence-corrected chi connectivity index (χ4v) is 4.22. The fraction of sp³-hybridized carbons (Fsp3) is 0.261. The van der Waals surface area contributed by atoms with Gasteiger partial charge in [0, 0.05) is 16.9 Å². The monoisotopic (exact) mass is 405 g/mol. The van der Waals surface area contributed by atoms with E-state index in [0.29, 0.717) is 11.6 Å². The van der Waals surface area contributed by atoms with Crippen molar-refractivity contribution in [2.24, 2.45) is 0 Å². The van der Waals surface area contributed by atoms with Gasteiger partial charge in [0.15, 0.2) is 5.82 Å². The second kappa shape index (κ2) is 8.66. The van der Waals surface area contributed by atoms with Crippen molar-refractivity contribution in [3.8, 4) is 17.1 Å². The number of methoxy groups -OCH3 is 1. The highest BCUT2D eigenvalue weighted by Gasteiger charge is 2.13. The average molecular weight is 406 g/mol. The van der Waals surface area contributed by atoms with Crippen molar-refractivity contribution in [3.63, 3.8) is 0 Å². The van der Waals surface area contributed by atoms with Gasteiger partial charge in [-0.2, -0.15) is 0 Å². The summed E-state index contributed by atoms with van der Waals surface area (Å²) in [7, 11) is 1.64. The first-order chi connectivity index (χ1) is 14.1. The van der Waals surface area contributed by atoms with E-state index in [9.17, 15) is 4.79 Å². The fourth-order valence-electron chi connectivity index (χ4n) is 3.47. The highest BCUT2D eigenvalue weighted by atomic mass is 32.2. The smallest absolute Gasteiger partial charge is 0.234 e. The van der Waals surface area contributed by atoms with Crippen LogP contribution in [0.4, 0.5) is 5.69 Å². The minimum atomic E-state index is -0.0322. The molecular weight excluding hydrogens is 382 g/mol. The molecule has 0 radical (unpaired) electrons. The summed E-state index contributed by atoms with van der Waals surface area (Å²) in [6.07, 6.45) is 3.44. The van der Waals surface area contributed by atoms with Crippen molar-refractivity contribution in [3.05, 3.63) is 65.4 Å². The van der Waals surface area contributed by atoms with Crippen LogP contribution >= 0.6 is 11.8 Å². The Morgan fingerprint density at radius 2 is 1.86 bits per heavy atom. The van der Waals surface area contributed by atoms with Crippen LogP contribution in [0.1, 0.15) is 23.2 Å². The van der Waals surface area contributed by atoms with Gasteiger partial charge in [0.2, 0.25) is 5.91 Å². The van der Waals surface area contributed by atoms with Gasteiger partial charge in [-0.1, -0.05) is 17.8 Å². The van der Waals surface area contributed by atoms with E-state index in [1.54, 1.807) is 7.11 Å². The summed E-state index contributed by atoms with van der Waals surface area (Å²) in [5.74, 6) is 1.71. The molecule has 1 amide bonds. The zero-order valence-electron chi connectivity index (χ0n) is 16.6. The summed E-state index contributed by atoms with van der Waals surface area (Å²) in [5.41, 5.74) is 5.41. The Morgan fingerprint density at radius 3 is 2.66 bits per heavy atom. The van der Waals surface area contributed by atoms with Gasteiger partial charge in [0.1, 0.15) is 10.8 Å². The molecule has 0 saturated carbocycles. The molecule has 1 aromatic heterocycles. The molecule has 5 nitrogen and oxygen atoms in total. The molecule has 3 aromatic rings. The number of carbonyl (C=O) groups excluding carboxylic acids is 1. The maximum absolute atomic E-state index is 12.4. The van der Waals surface area contributed by atoms with Crippen molar-refractivity contribution >= 4 is 23.4 Å². The number of aryl methyl sites for hydroxylation is 3. The van der Waals surface area contributed by atoms with Crippen molar-refractivity contribution in [2.75, 3.05) is 18.2 Å². The van der Waals surface area contributed by atoms with E-state index in [1.807, 2.05) is 43.3 Å². The van der Waals surface area contributed by atoms with Crippen LogP contribution in [0.25, 0.3) is 11.4 Å². The predicted octanol–water partition coefficient (Wildman–Crippen LogP) is 4.68. The van der Waals surface area contributed by atoms with Gasteiger partial charge < -0.3 is 10.1 Å². The van der Waals surface area contributed by atoms with Crippen LogP contribution < -0.4 is 10.1 Å².